The average molecular weight is 301 g/mol. The second-order valence-corrected chi connectivity index (χ2v) is 6.24. The quantitative estimate of drug-likeness (QED) is 0.937. The Labute approximate surface area is 130 Å². The molecule has 1 aromatic heterocycles. The lowest BCUT2D eigenvalue weighted by Crippen LogP contribution is -2.41. The number of amides is 1. The van der Waals surface area contributed by atoms with Gasteiger partial charge in [0.2, 0.25) is 5.91 Å². The van der Waals surface area contributed by atoms with E-state index in [-0.39, 0.29) is 5.91 Å². The molecular weight excluding hydrogens is 278 g/mol. The van der Waals surface area contributed by atoms with E-state index in [0.29, 0.717) is 18.4 Å². The van der Waals surface area contributed by atoms with E-state index in [0.717, 1.165) is 28.7 Å². The van der Waals surface area contributed by atoms with Crippen molar-refractivity contribution < 1.29 is 13.9 Å². The van der Waals surface area contributed by atoms with E-state index < -0.39 is 0 Å². The summed E-state index contributed by atoms with van der Waals surface area (Å²) in [7, 11) is 1.63. The molecule has 1 heterocycles. The Morgan fingerprint density at radius 3 is 2.95 bits per heavy atom. The van der Waals surface area contributed by atoms with Gasteiger partial charge >= 0.3 is 0 Å². The van der Waals surface area contributed by atoms with E-state index in [1.54, 1.807) is 13.4 Å². The zero-order valence-electron chi connectivity index (χ0n) is 13.2. The second kappa shape index (κ2) is 6.42. The minimum absolute atomic E-state index is 0.0808. The summed E-state index contributed by atoms with van der Waals surface area (Å²) in [5, 5.41) is 4.17. The third-order valence-corrected chi connectivity index (χ3v) is 4.67. The molecule has 4 nitrogen and oxygen atoms in total. The first-order valence-electron chi connectivity index (χ1n) is 8.01. The van der Waals surface area contributed by atoms with Gasteiger partial charge < -0.3 is 14.5 Å². The molecule has 1 saturated carbocycles. The van der Waals surface area contributed by atoms with Crippen molar-refractivity contribution in [1.82, 2.24) is 5.32 Å². The second-order valence-electron chi connectivity index (χ2n) is 6.24. The van der Waals surface area contributed by atoms with Gasteiger partial charge in [0.25, 0.3) is 0 Å². The van der Waals surface area contributed by atoms with E-state index in [9.17, 15) is 4.79 Å². The molecule has 2 aromatic rings. The van der Waals surface area contributed by atoms with Crippen LogP contribution < -0.4 is 10.1 Å². The van der Waals surface area contributed by atoms with Crippen molar-refractivity contribution in [2.75, 3.05) is 7.11 Å². The summed E-state index contributed by atoms with van der Waals surface area (Å²) < 4.78 is 10.7. The molecule has 0 saturated heterocycles. The molecule has 0 bridgehead atoms. The van der Waals surface area contributed by atoms with E-state index in [1.165, 1.54) is 19.3 Å². The molecule has 0 spiro atoms. The van der Waals surface area contributed by atoms with Gasteiger partial charge in [-0.25, -0.2) is 0 Å². The van der Waals surface area contributed by atoms with Crippen LogP contribution in [0.15, 0.2) is 28.9 Å². The molecule has 22 heavy (non-hydrogen) atoms. The van der Waals surface area contributed by atoms with Crippen molar-refractivity contribution in [3.63, 3.8) is 0 Å². The van der Waals surface area contributed by atoms with Gasteiger partial charge in [0.05, 0.1) is 19.8 Å². The van der Waals surface area contributed by atoms with Gasteiger partial charge in [0, 0.05) is 23.1 Å². The SMILES string of the molecule is COc1ccc2c(CC(=O)N[C@H]3CCCC[C@H]3C)coc2c1. The summed E-state index contributed by atoms with van der Waals surface area (Å²) in [6.07, 6.45) is 6.83. The van der Waals surface area contributed by atoms with E-state index in [2.05, 4.69) is 12.2 Å². The maximum absolute atomic E-state index is 12.3. The van der Waals surface area contributed by atoms with Gasteiger partial charge in [0.1, 0.15) is 11.3 Å². The third-order valence-electron chi connectivity index (χ3n) is 4.67. The number of ether oxygens (including phenoxy) is 1. The minimum atomic E-state index is 0.0808. The zero-order chi connectivity index (χ0) is 15.5. The van der Waals surface area contributed by atoms with Crippen molar-refractivity contribution in [3.8, 4) is 5.75 Å². The Morgan fingerprint density at radius 1 is 1.36 bits per heavy atom. The fraction of sp³-hybridized carbons (Fsp3) is 0.500. The first kappa shape index (κ1) is 14.9. The standard InChI is InChI=1S/C18H23NO3/c1-12-5-3-4-6-16(12)19-18(20)9-13-11-22-17-10-14(21-2)7-8-15(13)17/h7-8,10-12,16H,3-6,9H2,1-2H3,(H,19,20)/t12-,16+/m1/s1. The van der Waals surface area contributed by atoms with Crippen LogP contribution in [0.3, 0.4) is 0 Å². The lowest BCUT2D eigenvalue weighted by molar-refractivity contribution is -0.121. The van der Waals surface area contributed by atoms with E-state index >= 15 is 0 Å². The Balaban J connectivity index is 1.68. The predicted octanol–water partition coefficient (Wildman–Crippen LogP) is 3.68. The predicted molar refractivity (Wildman–Crippen MR) is 86.0 cm³/mol. The summed E-state index contributed by atoms with van der Waals surface area (Å²) in [5.41, 5.74) is 1.69. The normalized spacial score (nSPS) is 21.7. The maximum Gasteiger partial charge on any atom is 0.224 e. The van der Waals surface area contributed by atoms with Crippen molar-refractivity contribution in [2.45, 2.75) is 45.1 Å². The Hall–Kier alpha value is -1.97. The first-order valence-corrected chi connectivity index (χ1v) is 8.01. The molecule has 1 aliphatic rings. The molecule has 1 amide bonds. The summed E-state index contributed by atoms with van der Waals surface area (Å²) in [4.78, 5) is 12.3. The average Bonchev–Trinajstić information content (AvgIpc) is 2.91. The summed E-state index contributed by atoms with van der Waals surface area (Å²) in [6.45, 7) is 2.23. The molecule has 1 aromatic carbocycles. The molecule has 4 heteroatoms. The van der Waals surface area contributed by atoms with Crippen LogP contribution in [0.25, 0.3) is 11.0 Å². The Bertz CT molecular complexity index is 661. The van der Waals surface area contributed by atoms with E-state index in [1.807, 2.05) is 18.2 Å². The van der Waals surface area contributed by atoms with Crippen LogP contribution in [0, 0.1) is 5.92 Å². The number of carbonyl (C=O) groups is 1. The van der Waals surface area contributed by atoms with Crippen LogP contribution in [0.5, 0.6) is 5.75 Å². The zero-order valence-corrected chi connectivity index (χ0v) is 13.2. The number of furan rings is 1. The van der Waals surface area contributed by atoms with Gasteiger partial charge in [-0.1, -0.05) is 19.8 Å². The number of hydrogen-bond donors (Lipinski definition) is 1. The monoisotopic (exact) mass is 301 g/mol. The highest BCUT2D eigenvalue weighted by Crippen LogP contribution is 2.27. The molecule has 1 N–H and O–H groups in total. The Morgan fingerprint density at radius 2 is 2.18 bits per heavy atom. The van der Waals surface area contributed by atoms with Gasteiger partial charge in [-0.15, -0.1) is 0 Å². The first-order chi connectivity index (χ1) is 10.7. The van der Waals surface area contributed by atoms with Gasteiger partial charge in [-0.05, 0) is 30.9 Å². The fourth-order valence-corrected chi connectivity index (χ4v) is 3.29. The lowest BCUT2D eigenvalue weighted by atomic mass is 9.86. The number of hydrogen-bond acceptors (Lipinski definition) is 3. The van der Waals surface area contributed by atoms with Gasteiger partial charge in [-0.2, -0.15) is 0 Å². The van der Waals surface area contributed by atoms with Crippen LogP contribution in [0.1, 0.15) is 38.2 Å². The molecule has 3 rings (SSSR count). The lowest BCUT2D eigenvalue weighted by Gasteiger charge is -2.29. The molecular formula is C18H23NO3. The van der Waals surface area contributed by atoms with Crippen LogP contribution in [0.4, 0.5) is 0 Å². The number of rotatable bonds is 4. The molecule has 1 fully saturated rings. The number of nitrogens with one attached hydrogen (secondary N) is 1. The topological polar surface area (TPSA) is 51.5 Å². The smallest absolute Gasteiger partial charge is 0.224 e. The molecule has 118 valence electrons. The highest BCUT2D eigenvalue weighted by Gasteiger charge is 2.23. The van der Waals surface area contributed by atoms with Crippen LogP contribution in [0.2, 0.25) is 0 Å². The third kappa shape index (κ3) is 3.11. The molecule has 0 radical (unpaired) electrons. The number of carbonyl (C=O) groups excluding carboxylic acids is 1. The number of methoxy groups -OCH3 is 1. The number of benzene rings is 1. The van der Waals surface area contributed by atoms with Gasteiger partial charge in [-0.3, -0.25) is 4.79 Å². The van der Waals surface area contributed by atoms with Crippen LogP contribution >= 0.6 is 0 Å². The highest BCUT2D eigenvalue weighted by atomic mass is 16.5. The molecule has 0 unspecified atom stereocenters. The van der Waals surface area contributed by atoms with Crippen molar-refractivity contribution >= 4 is 16.9 Å². The van der Waals surface area contributed by atoms with Gasteiger partial charge in [0.15, 0.2) is 0 Å². The number of fused-ring (bicyclic) bond motifs is 1. The minimum Gasteiger partial charge on any atom is -0.497 e. The van der Waals surface area contributed by atoms with Crippen LogP contribution in [-0.2, 0) is 11.2 Å². The molecule has 0 aliphatic heterocycles. The largest absolute Gasteiger partial charge is 0.497 e. The summed E-state index contributed by atoms with van der Waals surface area (Å²) in [5.74, 6) is 1.41. The molecule has 1 aliphatic carbocycles. The highest BCUT2D eigenvalue weighted by molar-refractivity contribution is 5.88. The summed E-state index contributed by atoms with van der Waals surface area (Å²) >= 11 is 0. The molecule has 2 atom stereocenters. The van der Waals surface area contributed by atoms with E-state index in [4.69, 9.17) is 9.15 Å². The summed E-state index contributed by atoms with van der Waals surface area (Å²) in [6, 6.07) is 6.01. The Kier molecular flexibility index (Phi) is 4.36. The fourth-order valence-electron chi connectivity index (χ4n) is 3.29. The van der Waals surface area contributed by atoms with Crippen molar-refractivity contribution in [1.29, 1.82) is 0 Å². The van der Waals surface area contributed by atoms with Crippen LogP contribution in [-0.4, -0.2) is 19.1 Å². The maximum atomic E-state index is 12.3. The van der Waals surface area contributed by atoms with Crippen molar-refractivity contribution in [3.05, 3.63) is 30.0 Å². The van der Waals surface area contributed by atoms with Crippen molar-refractivity contribution in [2.24, 2.45) is 5.92 Å².